The maximum Gasteiger partial charge on any atom is 0.317 e. The average Bonchev–Trinajstić information content (AvgIpc) is 2.47. The predicted molar refractivity (Wildman–Crippen MR) is 72.2 cm³/mol. The molecule has 5 nitrogen and oxygen atoms in total. The topological polar surface area (TPSA) is 69.6 Å². The second kappa shape index (κ2) is 7.04. The molecule has 2 rings (SSSR count). The van der Waals surface area contributed by atoms with Crippen LogP contribution in [0.1, 0.15) is 38.5 Å². The zero-order chi connectivity index (χ0) is 15.4. The van der Waals surface area contributed by atoms with Crippen LogP contribution in [-0.2, 0) is 4.79 Å². The summed E-state index contributed by atoms with van der Waals surface area (Å²) in [6.07, 6.45) is 0.755. The molecular formula is C14H22F2N2O3. The SMILES string of the molecule is O=C(O)C1CCN(C(=O)NC2CCC(C(F)F)CC2)CC1. The number of aliphatic carboxylic acids is 1. The molecule has 1 saturated carbocycles. The number of likely N-dealkylation sites (tertiary alicyclic amines) is 1. The number of rotatable bonds is 3. The van der Waals surface area contributed by atoms with E-state index in [0.717, 1.165) is 0 Å². The van der Waals surface area contributed by atoms with Crippen molar-refractivity contribution in [1.29, 1.82) is 0 Å². The van der Waals surface area contributed by atoms with Crippen molar-refractivity contribution < 1.29 is 23.5 Å². The van der Waals surface area contributed by atoms with Gasteiger partial charge in [0.1, 0.15) is 0 Å². The maximum absolute atomic E-state index is 12.6. The number of nitrogens with zero attached hydrogens (tertiary/aromatic N) is 1. The molecule has 1 heterocycles. The summed E-state index contributed by atoms with van der Waals surface area (Å²) in [5.74, 6) is -1.71. The van der Waals surface area contributed by atoms with E-state index in [4.69, 9.17) is 5.11 Å². The van der Waals surface area contributed by atoms with Crippen molar-refractivity contribution >= 4 is 12.0 Å². The Morgan fingerprint density at radius 1 is 1.05 bits per heavy atom. The number of carboxylic acids is 1. The van der Waals surface area contributed by atoms with E-state index in [0.29, 0.717) is 51.6 Å². The molecule has 0 spiro atoms. The average molecular weight is 304 g/mol. The van der Waals surface area contributed by atoms with Crippen LogP contribution in [0.15, 0.2) is 0 Å². The Morgan fingerprint density at radius 2 is 1.62 bits per heavy atom. The van der Waals surface area contributed by atoms with Crippen molar-refractivity contribution in [2.45, 2.75) is 51.0 Å². The lowest BCUT2D eigenvalue weighted by atomic mass is 9.86. The lowest BCUT2D eigenvalue weighted by Crippen LogP contribution is -2.49. The van der Waals surface area contributed by atoms with E-state index in [9.17, 15) is 18.4 Å². The molecule has 0 aromatic carbocycles. The number of amides is 2. The summed E-state index contributed by atoms with van der Waals surface area (Å²) in [6.45, 7) is 0.879. The maximum atomic E-state index is 12.6. The van der Waals surface area contributed by atoms with Gasteiger partial charge >= 0.3 is 12.0 Å². The minimum atomic E-state index is -2.27. The van der Waals surface area contributed by atoms with Crippen molar-refractivity contribution in [1.82, 2.24) is 10.2 Å². The van der Waals surface area contributed by atoms with E-state index in [2.05, 4.69) is 5.32 Å². The minimum Gasteiger partial charge on any atom is -0.481 e. The number of hydrogen-bond acceptors (Lipinski definition) is 2. The smallest absolute Gasteiger partial charge is 0.317 e. The van der Waals surface area contributed by atoms with E-state index in [1.54, 1.807) is 4.90 Å². The number of carbonyl (C=O) groups is 2. The molecule has 120 valence electrons. The summed E-state index contributed by atoms with van der Waals surface area (Å²) >= 11 is 0. The molecule has 2 aliphatic rings. The summed E-state index contributed by atoms with van der Waals surface area (Å²) < 4.78 is 25.1. The third-order valence-electron chi connectivity index (χ3n) is 4.59. The van der Waals surface area contributed by atoms with Crippen LogP contribution < -0.4 is 5.32 Å². The molecular weight excluding hydrogens is 282 g/mol. The summed E-state index contributed by atoms with van der Waals surface area (Å²) in [5, 5.41) is 11.8. The van der Waals surface area contributed by atoms with Crippen LogP contribution >= 0.6 is 0 Å². The highest BCUT2D eigenvalue weighted by atomic mass is 19.3. The van der Waals surface area contributed by atoms with Gasteiger partial charge in [0.25, 0.3) is 0 Å². The Bertz CT molecular complexity index is 376. The molecule has 1 aliphatic heterocycles. The second-order valence-corrected chi connectivity index (χ2v) is 6.00. The van der Waals surface area contributed by atoms with Gasteiger partial charge in [-0.3, -0.25) is 4.79 Å². The highest BCUT2D eigenvalue weighted by Crippen LogP contribution is 2.29. The number of piperidine rings is 1. The van der Waals surface area contributed by atoms with Crippen molar-refractivity contribution in [2.75, 3.05) is 13.1 Å². The highest BCUT2D eigenvalue weighted by molar-refractivity contribution is 5.75. The summed E-state index contributed by atoms with van der Waals surface area (Å²) in [7, 11) is 0. The van der Waals surface area contributed by atoms with E-state index in [-0.39, 0.29) is 18.0 Å². The number of hydrogen-bond donors (Lipinski definition) is 2. The second-order valence-electron chi connectivity index (χ2n) is 6.00. The van der Waals surface area contributed by atoms with Gasteiger partial charge in [0, 0.05) is 25.0 Å². The molecule has 1 aliphatic carbocycles. The third-order valence-corrected chi connectivity index (χ3v) is 4.59. The first-order valence-electron chi connectivity index (χ1n) is 7.53. The van der Waals surface area contributed by atoms with Gasteiger partial charge in [0.05, 0.1) is 5.92 Å². The number of carboxylic acid groups (broad SMARTS) is 1. The van der Waals surface area contributed by atoms with Crippen LogP contribution in [0.25, 0.3) is 0 Å². The monoisotopic (exact) mass is 304 g/mol. The zero-order valence-electron chi connectivity index (χ0n) is 11.9. The van der Waals surface area contributed by atoms with Crippen LogP contribution in [0.5, 0.6) is 0 Å². The first kappa shape index (κ1) is 16.0. The Labute approximate surface area is 122 Å². The van der Waals surface area contributed by atoms with Crippen molar-refractivity contribution in [3.8, 4) is 0 Å². The molecule has 0 aromatic heterocycles. The molecule has 2 amide bonds. The van der Waals surface area contributed by atoms with Gasteiger partial charge in [-0.1, -0.05) is 0 Å². The molecule has 0 aromatic rings. The van der Waals surface area contributed by atoms with Gasteiger partial charge in [-0.05, 0) is 38.5 Å². The van der Waals surface area contributed by atoms with E-state index >= 15 is 0 Å². The van der Waals surface area contributed by atoms with Gasteiger partial charge in [-0.2, -0.15) is 0 Å². The molecule has 2 fully saturated rings. The largest absolute Gasteiger partial charge is 0.481 e. The Morgan fingerprint density at radius 3 is 2.10 bits per heavy atom. The number of carbonyl (C=O) groups excluding carboxylic acids is 1. The molecule has 0 unspecified atom stereocenters. The fourth-order valence-electron chi connectivity index (χ4n) is 3.11. The Kier molecular flexibility index (Phi) is 5.36. The fraction of sp³-hybridized carbons (Fsp3) is 0.857. The molecule has 0 radical (unpaired) electrons. The first-order valence-corrected chi connectivity index (χ1v) is 7.53. The normalized spacial score (nSPS) is 27.7. The van der Waals surface area contributed by atoms with Crippen LogP contribution in [-0.4, -0.2) is 47.6 Å². The summed E-state index contributed by atoms with van der Waals surface area (Å²) in [6, 6.07) is -0.232. The van der Waals surface area contributed by atoms with E-state index in [1.165, 1.54) is 0 Å². The van der Waals surface area contributed by atoms with E-state index in [1.807, 2.05) is 0 Å². The van der Waals surface area contributed by atoms with Gasteiger partial charge in [0.2, 0.25) is 6.43 Å². The molecule has 2 N–H and O–H groups in total. The first-order chi connectivity index (χ1) is 9.97. The van der Waals surface area contributed by atoms with Gasteiger partial charge in [-0.25, -0.2) is 13.6 Å². The Balaban J connectivity index is 1.72. The lowest BCUT2D eigenvalue weighted by molar-refractivity contribution is -0.143. The standard InChI is InChI=1S/C14H22F2N2O3/c15-12(16)9-1-3-11(4-2-9)17-14(21)18-7-5-10(6-8-18)13(19)20/h9-12H,1-8H2,(H,17,21)(H,19,20). The number of halogens is 2. The quantitative estimate of drug-likeness (QED) is 0.840. The number of nitrogens with one attached hydrogen (secondary N) is 1. The lowest BCUT2D eigenvalue weighted by Gasteiger charge is -2.33. The van der Waals surface area contributed by atoms with Crippen molar-refractivity contribution in [3.63, 3.8) is 0 Å². The van der Waals surface area contributed by atoms with Gasteiger partial charge < -0.3 is 15.3 Å². The molecule has 21 heavy (non-hydrogen) atoms. The van der Waals surface area contributed by atoms with Crippen LogP contribution in [0.2, 0.25) is 0 Å². The van der Waals surface area contributed by atoms with Gasteiger partial charge in [-0.15, -0.1) is 0 Å². The summed E-state index contributed by atoms with van der Waals surface area (Å²) in [4.78, 5) is 24.6. The van der Waals surface area contributed by atoms with Crippen LogP contribution in [0, 0.1) is 11.8 Å². The molecule has 0 atom stereocenters. The zero-order valence-corrected chi connectivity index (χ0v) is 11.9. The molecule has 0 bridgehead atoms. The van der Waals surface area contributed by atoms with Crippen molar-refractivity contribution in [2.24, 2.45) is 11.8 Å². The fourth-order valence-corrected chi connectivity index (χ4v) is 3.11. The minimum absolute atomic E-state index is 0.0373. The third kappa shape index (κ3) is 4.28. The molecule has 1 saturated heterocycles. The molecule has 7 heteroatoms. The predicted octanol–water partition coefficient (Wildman–Crippen LogP) is 2.32. The summed E-state index contributed by atoms with van der Waals surface area (Å²) in [5.41, 5.74) is 0. The van der Waals surface area contributed by atoms with Crippen molar-refractivity contribution in [3.05, 3.63) is 0 Å². The van der Waals surface area contributed by atoms with Crippen LogP contribution in [0.3, 0.4) is 0 Å². The van der Waals surface area contributed by atoms with E-state index < -0.39 is 18.3 Å². The number of urea groups is 1. The Hall–Kier alpha value is -1.40. The van der Waals surface area contributed by atoms with Gasteiger partial charge in [0.15, 0.2) is 0 Å². The van der Waals surface area contributed by atoms with Crippen LogP contribution in [0.4, 0.5) is 13.6 Å². The highest BCUT2D eigenvalue weighted by Gasteiger charge is 2.31. The number of alkyl halides is 2.